The molecule has 1 N–H and O–H groups in total. The second-order valence-electron chi connectivity index (χ2n) is 7.72. The summed E-state index contributed by atoms with van der Waals surface area (Å²) < 4.78 is 0. The zero-order valence-corrected chi connectivity index (χ0v) is 13.7. The number of likely N-dealkylation sites (tertiary alicyclic amines) is 2. The van der Waals surface area contributed by atoms with Crippen molar-refractivity contribution in [2.24, 2.45) is 10.8 Å². The fourth-order valence-electron chi connectivity index (χ4n) is 4.47. The van der Waals surface area contributed by atoms with E-state index in [4.69, 9.17) is 0 Å². The summed E-state index contributed by atoms with van der Waals surface area (Å²) in [7, 11) is 0. The van der Waals surface area contributed by atoms with Gasteiger partial charge in [0.25, 0.3) is 0 Å². The van der Waals surface area contributed by atoms with Gasteiger partial charge in [0, 0.05) is 50.5 Å². The van der Waals surface area contributed by atoms with Crippen LogP contribution in [0.1, 0.15) is 26.3 Å². The van der Waals surface area contributed by atoms with Crippen molar-refractivity contribution in [3.05, 3.63) is 35.9 Å². The largest absolute Gasteiger partial charge is 0.392 e. The first-order chi connectivity index (χ1) is 10.3. The highest BCUT2D eigenvalue weighted by Crippen LogP contribution is 2.46. The number of piperidine rings is 2. The van der Waals surface area contributed by atoms with Gasteiger partial charge in [-0.15, -0.1) is 0 Å². The van der Waals surface area contributed by atoms with Crippen LogP contribution in [0.25, 0.3) is 0 Å². The van der Waals surface area contributed by atoms with E-state index in [9.17, 15) is 9.90 Å². The highest BCUT2D eigenvalue weighted by molar-refractivity contribution is 5.73. The van der Waals surface area contributed by atoms with Crippen molar-refractivity contribution in [1.82, 2.24) is 9.80 Å². The van der Waals surface area contributed by atoms with Crippen molar-refractivity contribution in [3.8, 4) is 0 Å². The molecule has 120 valence electrons. The number of benzene rings is 1. The Morgan fingerprint density at radius 3 is 2.18 bits per heavy atom. The fraction of sp³-hybridized carbons (Fsp3) is 0.611. The van der Waals surface area contributed by atoms with Gasteiger partial charge in [-0.2, -0.15) is 0 Å². The Labute approximate surface area is 132 Å². The number of fused-ring (bicyclic) bond motifs is 2. The molecule has 2 aliphatic heterocycles. The Morgan fingerprint density at radius 1 is 1.14 bits per heavy atom. The van der Waals surface area contributed by atoms with Gasteiger partial charge in [0.1, 0.15) is 0 Å². The first kappa shape index (κ1) is 15.5. The quantitative estimate of drug-likeness (QED) is 0.905. The van der Waals surface area contributed by atoms with E-state index in [1.54, 1.807) is 6.92 Å². The molecule has 2 atom stereocenters. The lowest BCUT2D eigenvalue weighted by atomic mass is 9.63. The molecule has 0 aromatic heterocycles. The number of hydrogen-bond donors (Lipinski definition) is 1. The Balaban J connectivity index is 1.82. The summed E-state index contributed by atoms with van der Waals surface area (Å²) in [6.07, 6.45) is -0.359. The second-order valence-corrected chi connectivity index (χ2v) is 7.72. The molecule has 4 nitrogen and oxygen atoms in total. The van der Waals surface area contributed by atoms with Crippen LogP contribution in [0, 0.1) is 10.8 Å². The molecule has 2 aliphatic rings. The van der Waals surface area contributed by atoms with Gasteiger partial charge in [-0.05, 0) is 5.56 Å². The molecule has 2 saturated heterocycles. The van der Waals surface area contributed by atoms with E-state index < -0.39 is 0 Å². The van der Waals surface area contributed by atoms with Crippen LogP contribution in [0.4, 0.5) is 0 Å². The molecule has 1 amide bonds. The van der Waals surface area contributed by atoms with Crippen molar-refractivity contribution in [2.45, 2.75) is 33.4 Å². The minimum absolute atomic E-state index is 0.112. The fourth-order valence-corrected chi connectivity index (χ4v) is 4.47. The number of carbonyl (C=O) groups is 1. The van der Waals surface area contributed by atoms with Gasteiger partial charge in [-0.25, -0.2) is 0 Å². The minimum Gasteiger partial charge on any atom is -0.392 e. The number of aliphatic hydroxyl groups excluding tert-OH is 1. The first-order valence-electron chi connectivity index (χ1n) is 8.02. The number of carbonyl (C=O) groups excluding carboxylic acids is 1. The third kappa shape index (κ3) is 2.66. The van der Waals surface area contributed by atoms with Crippen molar-refractivity contribution in [3.63, 3.8) is 0 Å². The lowest BCUT2D eigenvalue weighted by Gasteiger charge is -2.59. The molecule has 0 saturated carbocycles. The first-order valence-corrected chi connectivity index (χ1v) is 8.02. The lowest BCUT2D eigenvalue weighted by molar-refractivity contribution is -0.182. The molecule has 1 aromatic carbocycles. The number of nitrogens with zero attached hydrogens (tertiary/aromatic N) is 2. The molecule has 22 heavy (non-hydrogen) atoms. The summed E-state index contributed by atoms with van der Waals surface area (Å²) in [5.74, 6) is 0.112. The van der Waals surface area contributed by atoms with Crippen molar-refractivity contribution in [2.75, 3.05) is 26.2 Å². The van der Waals surface area contributed by atoms with E-state index in [-0.39, 0.29) is 22.8 Å². The number of amides is 1. The molecule has 0 spiro atoms. The number of hydrogen-bond acceptors (Lipinski definition) is 3. The molecular formula is C18H26N2O2. The van der Waals surface area contributed by atoms with Gasteiger partial charge in [-0.1, -0.05) is 44.2 Å². The van der Waals surface area contributed by atoms with Gasteiger partial charge in [0.05, 0.1) is 6.10 Å². The van der Waals surface area contributed by atoms with Gasteiger partial charge in [0.15, 0.2) is 0 Å². The van der Waals surface area contributed by atoms with E-state index in [1.807, 2.05) is 11.0 Å². The summed E-state index contributed by atoms with van der Waals surface area (Å²) in [5.41, 5.74) is 0.782. The van der Waals surface area contributed by atoms with E-state index >= 15 is 0 Å². The second kappa shape index (κ2) is 5.36. The van der Waals surface area contributed by atoms with Gasteiger partial charge >= 0.3 is 0 Å². The Hall–Kier alpha value is -1.39. The third-order valence-electron chi connectivity index (χ3n) is 5.29. The average molecular weight is 302 g/mol. The van der Waals surface area contributed by atoms with Crippen LogP contribution >= 0.6 is 0 Å². The Bertz CT molecular complexity index is 539. The van der Waals surface area contributed by atoms with E-state index in [2.05, 4.69) is 43.0 Å². The molecule has 0 radical (unpaired) electrons. The standard InChI is InChI=1S/C18H26N2O2/c1-14(21)20-12-17(2)10-19(9-15-7-5-4-6-8-15)11-18(3,13-20)16(17)22/h4-8,16,22H,9-13H2,1-3H3. The van der Waals surface area contributed by atoms with Crippen LogP contribution in [0.5, 0.6) is 0 Å². The van der Waals surface area contributed by atoms with E-state index in [0.29, 0.717) is 13.1 Å². The van der Waals surface area contributed by atoms with Crippen molar-refractivity contribution < 1.29 is 9.90 Å². The third-order valence-corrected chi connectivity index (χ3v) is 5.29. The summed E-state index contributed by atoms with van der Waals surface area (Å²) in [6, 6.07) is 10.5. The van der Waals surface area contributed by atoms with E-state index in [0.717, 1.165) is 19.6 Å². The molecule has 2 bridgehead atoms. The average Bonchev–Trinajstić information content (AvgIpc) is 2.43. The molecule has 1 aromatic rings. The molecule has 2 fully saturated rings. The highest BCUT2D eigenvalue weighted by Gasteiger charge is 2.55. The maximum atomic E-state index is 11.8. The van der Waals surface area contributed by atoms with Crippen molar-refractivity contribution >= 4 is 5.91 Å². The van der Waals surface area contributed by atoms with Crippen LogP contribution in [0.3, 0.4) is 0 Å². The molecule has 0 aliphatic carbocycles. The maximum Gasteiger partial charge on any atom is 0.219 e. The normalized spacial score (nSPS) is 35.5. The number of rotatable bonds is 2. The zero-order chi connectivity index (χ0) is 16.0. The summed E-state index contributed by atoms with van der Waals surface area (Å²) in [4.78, 5) is 16.2. The molecule has 4 heteroatoms. The Morgan fingerprint density at radius 2 is 1.68 bits per heavy atom. The van der Waals surface area contributed by atoms with Crippen molar-refractivity contribution in [1.29, 1.82) is 0 Å². The minimum atomic E-state index is -0.359. The topological polar surface area (TPSA) is 43.8 Å². The van der Waals surface area contributed by atoms with Gasteiger partial charge < -0.3 is 10.0 Å². The molecular weight excluding hydrogens is 276 g/mol. The van der Waals surface area contributed by atoms with Gasteiger partial charge in [-0.3, -0.25) is 9.69 Å². The lowest BCUT2D eigenvalue weighted by Crippen LogP contribution is -2.70. The molecule has 2 unspecified atom stereocenters. The smallest absolute Gasteiger partial charge is 0.219 e. The molecule has 3 rings (SSSR count). The summed E-state index contributed by atoms with van der Waals surface area (Å²) in [5, 5.41) is 10.8. The van der Waals surface area contributed by atoms with E-state index in [1.165, 1.54) is 5.56 Å². The van der Waals surface area contributed by atoms with Crippen LogP contribution in [0.15, 0.2) is 30.3 Å². The van der Waals surface area contributed by atoms with Crippen LogP contribution in [0.2, 0.25) is 0 Å². The van der Waals surface area contributed by atoms with Crippen LogP contribution < -0.4 is 0 Å². The SMILES string of the molecule is CC(=O)N1CC2(C)CN(Cc3ccccc3)CC(C)(C1)C2O. The number of aliphatic hydroxyl groups is 1. The predicted octanol–water partition coefficient (Wildman–Crippen LogP) is 1.74. The summed E-state index contributed by atoms with van der Waals surface area (Å²) >= 11 is 0. The maximum absolute atomic E-state index is 11.8. The Kier molecular flexibility index (Phi) is 3.77. The zero-order valence-electron chi connectivity index (χ0n) is 13.7. The molecule has 2 heterocycles. The monoisotopic (exact) mass is 302 g/mol. The highest BCUT2D eigenvalue weighted by atomic mass is 16.3. The predicted molar refractivity (Wildman–Crippen MR) is 86.2 cm³/mol. The van der Waals surface area contributed by atoms with Crippen LogP contribution in [-0.2, 0) is 11.3 Å². The van der Waals surface area contributed by atoms with Gasteiger partial charge in [0.2, 0.25) is 5.91 Å². The van der Waals surface area contributed by atoms with Crippen LogP contribution in [-0.4, -0.2) is 53.1 Å². The summed E-state index contributed by atoms with van der Waals surface area (Å²) in [6.45, 7) is 9.69.